The molecule has 5 N–H and O–H groups in total. The van der Waals surface area contributed by atoms with Crippen molar-refractivity contribution in [3.05, 3.63) is 35.4 Å². The van der Waals surface area contributed by atoms with Crippen molar-refractivity contribution in [2.24, 2.45) is 11.7 Å². The highest BCUT2D eigenvalue weighted by Gasteiger charge is 2.40. The fourth-order valence-electron chi connectivity index (χ4n) is 3.79. The van der Waals surface area contributed by atoms with Gasteiger partial charge in [0.15, 0.2) is 0 Å². The third kappa shape index (κ3) is 7.13. The van der Waals surface area contributed by atoms with E-state index in [4.69, 9.17) is 5.73 Å². The Labute approximate surface area is 210 Å². The number of carbonyl (C=O) groups is 4. The summed E-state index contributed by atoms with van der Waals surface area (Å²) in [6, 6.07) is 3.78. The van der Waals surface area contributed by atoms with Crippen LogP contribution in [0.15, 0.2) is 24.3 Å². The first kappa shape index (κ1) is 28.0. The van der Waals surface area contributed by atoms with E-state index in [-0.39, 0.29) is 31.1 Å². The molecule has 1 aromatic rings. The van der Waals surface area contributed by atoms with Crippen LogP contribution in [0.3, 0.4) is 0 Å². The highest BCUT2D eigenvalue weighted by atomic mass is 32.2. The van der Waals surface area contributed by atoms with Crippen molar-refractivity contribution in [3.8, 4) is 0 Å². The summed E-state index contributed by atoms with van der Waals surface area (Å²) in [5, 5.41) is 14.9. The van der Waals surface area contributed by atoms with Gasteiger partial charge < -0.3 is 26.4 Å². The van der Waals surface area contributed by atoms with Crippen molar-refractivity contribution < 1.29 is 24.3 Å². The second-order valence-electron chi connectivity index (χ2n) is 8.66. The minimum Gasteiger partial charge on any atom is -0.480 e. The van der Waals surface area contributed by atoms with Gasteiger partial charge in [-0.3, -0.25) is 14.4 Å². The van der Waals surface area contributed by atoms with Crippen molar-refractivity contribution in [1.82, 2.24) is 15.5 Å². The van der Waals surface area contributed by atoms with Crippen LogP contribution >= 0.6 is 24.4 Å². The number of amides is 3. The first-order chi connectivity index (χ1) is 16.1. The van der Waals surface area contributed by atoms with Crippen LogP contribution in [0.4, 0.5) is 0 Å². The molecule has 34 heavy (non-hydrogen) atoms. The second-order valence-corrected chi connectivity index (χ2v) is 10.0. The number of nitrogens with two attached hydrogens (primary N) is 1. The molecule has 4 atom stereocenters. The number of hydrogen-bond donors (Lipinski definition) is 5. The summed E-state index contributed by atoms with van der Waals surface area (Å²) in [7, 11) is 0. The van der Waals surface area contributed by atoms with Crippen LogP contribution in [0, 0.1) is 5.92 Å². The molecule has 0 fully saturated rings. The molecule has 2 unspecified atom stereocenters. The summed E-state index contributed by atoms with van der Waals surface area (Å²) >= 11 is 5.53. The van der Waals surface area contributed by atoms with Gasteiger partial charge in [-0.05, 0) is 35.5 Å². The zero-order chi connectivity index (χ0) is 25.4. The van der Waals surface area contributed by atoms with Gasteiger partial charge in [0.05, 0.1) is 6.04 Å². The number of hydrogen-bond acceptors (Lipinski definition) is 7. The summed E-state index contributed by atoms with van der Waals surface area (Å²) in [6.45, 7) is 3.77. The molecule has 0 radical (unpaired) electrons. The number of carboxylic acids is 1. The minimum absolute atomic E-state index is 0.125. The minimum atomic E-state index is -1.12. The number of thiol groups is 1. The van der Waals surface area contributed by atoms with Crippen molar-refractivity contribution in [3.63, 3.8) is 0 Å². The molecule has 1 aromatic carbocycles. The Morgan fingerprint density at radius 3 is 2.41 bits per heavy atom. The fourth-order valence-corrected chi connectivity index (χ4v) is 4.42. The number of thioether (sulfide) groups is 1. The number of aliphatic carboxylic acids is 1. The highest BCUT2D eigenvalue weighted by molar-refractivity contribution is 7.98. The maximum absolute atomic E-state index is 13.7. The Hall–Kier alpha value is -2.24. The van der Waals surface area contributed by atoms with E-state index >= 15 is 0 Å². The normalized spacial score (nSPS) is 17.9. The predicted octanol–water partition coefficient (Wildman–Crippen LogP) is 0.660. The first-order valence-electron chi connectivity index (χ1n) is 11.2. The van der Waals surface area contributed by atoms with Gasteiger partial charge in [0.2, 0.25) is 17.7 Å². The highest BCUT2D eigenvalue weighted by Crippen LogP contribution is 2.25. The number of rotatable bonds is 11. The van der Waals surface area contributed by atoms with E-state index in [1.807, 2.05) is 30.5 Å². The Morgan fingerprint density at radius 2 is 1.85 bits per heavy atom. The number of carbonyl (C=O) groups excluding carboxylic acids is 3. The third-order valence-electron chi connectivity index (χ3n) is 5.82. The molecule has 2 rings (SSSR count). The molecule has 1 heterocycles. The lowest BCUT2D eigenvalue weighted by atomic mass is 9.91. The maximum atomic E-state index is 13.7. The largest absolute Gasteiger partial charge is 0.480 e. The van der Waals surface area contributed by atoms with Gasteiger partial charge in [-0.15, -0.1) is 0 Å². The van der Waals surface area contributed by atoms with E-state index in [9.17, 15) is 24.3 Å². The van der Waals surface area contributed by atoms with E-state index in [0.29, 0.717) is 5.75 Å². The van der Waals surface area contributed by atoms with Crippen molar-refractivity contribution in [2.75, 3.05) is 17.8 Å². The summed E-state index contributed by atoms with van der Waals surface area (Å²) in [5.74, 6) is -2.14. The molecular formula is C23H34N4O5S2. The van der Waals surface area contributed by atoms with Crippen LogP contribution in [0.2, 0.25) is 0 Å². The standard InChI is InChI=1S/C23H34N4O5S2/c1-13(2)19(26-20(28)16(24)12-33)22(30)27-11-15-7-5-4-6-14(15)10-18(27)21(29)25-17(23(31)32)8-9-34-3/h4-7,13,16-19,33H,8-12,24H2,1-3H3,(H,25,29)(H,26,28)(H,31,32)/t16-,17?,18?,19-/m0/s1. The Kier molecular flexibility index (Phi) is 10.7. The van der Waals surface area contributed by atoms with Gasteiger partial charge in [0.1, 0.15) is 18.1 Å². The van der Waals surface area contributed by atoms with Gasteiger partial charge >= 0.3 is 5.97 Å². The van der Waals surface area contributed by atoms with Gasteiger partial charge in [0, 0.05) is 18.7 Å². The number of nitrogens with one attached hydrogen (secondary N) is 2. The summed E-state index contributed by atoms with van der Waals surface area (Å²) in [6.07, 6.45) is 2.38. The van der Waals surface area contributed by atoms with Crippen LogP contribution in [-0.4, -0.2) is 75.6 Å². The van der Waals surface area contributed by atoms with E-state index in [1.165, 1.54) is 16.7 Å². The topological polar surface area (TPSA) is 142 Å². The van der Waals surface area contributed by atoms with Crippen LogP contribution in [-0.2, 0) is 32.1 Å². The molecule has 3 amide bonds. The lowest BCUT2D eigenvalue weighted by molar-refractivity contribution is -0.147. The summed E-state index contributed by atoms with van der Waals surface area (Å²) < 4.78 is 0. The van der Waals surface area contributed by atoms with E-state index in [0.717, 1.165) is 11.1 Å². The fraction of sp³-hybridized carbons (Fsp3) is 0.565. The predicted molar refractivity (Wildman–Crippen MR) is 136 cm³/mol. The van der Waals surface area contributed by atoms with Crippen LogP contribution in [0.5, 0.6) is 0 Å². The van der Waals surface area contributed by atoms with Crippen molar-refractivity contribution in [1.29, 1.82) is 0 Å². The van der Waals surface area contributed by atoms with Crippen LogP contribution in [0.25, 0.3) is 0 Å². The molecule has 0 aromatic heterocycles. The third-order valence-corrected chi connectivity index (χ3v) is 6.86. The molecule has 188 valence electrons. The number of nitrogens with zero attached hydrogens (tertiary/aromatic N) is 1. The lowest BCUT2D eigenvalue weighted by Gasteiger charge is -2.39. The monoisotopic (exact) mass is 510 g/mol. The molecule has 1 aliphatic rings. The summed E-state index contributed by atoms with van der Waals surface area (Å²) in [5.41, 5.74) is 7.59. The average molecular weight is 511 g/mol. The molecule has 1 aliphatic heterocycles. The SMILES string of the molecule is CSCCC(NC(=O)C1Cc2ccccc2CN1C(=O)[C@@H](NC(=O)[C@@H](N)CS)C(C)C)C(=O)O. The second kappa shape index (κ2) is 13.0. The smallest absolute Gasteiger partial charge is 0.326 e. The zero-order valence-corrected chi connectivity index (χ0v) is 21.4. The average Bonchev–Trinajstić information content (AvgIpc) is 2.82. The Morgan fingerprint density at radius 1 is 1.21 bits per heavy atom. The van der Waals surface area contributed by atoms with Gasteiger partial charge in [-0.2, -0.15) is 24.4 Å². The molecule has 0 saturated heterocycles. The van der Waals surface area contributed by atoms with Crippen molar-refractivity contribution >= 4 is 48.1 Å². The molecule has 9 nitrogen and oxygen atoms in total. The molecular weight excluding hydrogens is 476 g/mol. The van der Waals surface area contributed by atoms with Gasteiger partial charge in [0.25, 0.3) is 0 Å². The number of carboxylic acid groups (broad SMARTS) is 1. The van der Waals surface area contributed by atoms with Gasteiger partial charge in [-0.1, -0.05) is 38.1 Å². The van der Waals surface area contributed by atoms with Gasteiger partial charge in [-0.25, -0.2) is 4.79 Å². The Bertz CT molecular complexity index is 898. The van der Waals surface area contributed by atoms with Crippen LogP contribution < -0.4 is 16.4 Å². The van der Waals surface area contributed by atoms with E-state index in [2.05, 4.69) is 23.3 Å². The zero-order valence-electron chi connectivity index (χ0n) is 19.7. The molecule has 0 spiro atoms. The first-order valence-corrected chi connectivity index (χ1v) is 13.2. The van der Waals surface area contributed by atoms with E-state index < -0.39 is 47.9 Å². The molecule has 0 aliphatic carbocycles. The van der Waals surface area contributed by atoms with E-state index in [1.54, 1.807) is 13.8 Å². The molecule has 0 saturated carbocycles. The molecule has 11 heteroatoms. The number of benzene rings is 1. The maximum Gasteiger partial charge on any atom is 0.326 e. The van der Waals surface area contributed by atoms with Crippen molar-refractivity contribution in [2.45, 2.75) is 57.4 Å². The molecule has 0 bridgehead atoms. The van der Waals surface area contributed by atoms with Crippen LogP contribution in [0.1, 0.15) is 31.4 Å². The number of fused-ring (bicyclic) bond motifs is 1. The summed E-state index contributed by atoms with van der Waals surface area (Å²) in [4.78, 5) is 52.5. The lowest BCUT2D eigenvalue weighted by Crippen LogP contribution is -2.61. The quantitative estimate of drug-likeness (QED) is 0.275. The Balaban J connectivity index is 2.34.